The number of nitrogens with zero attached hydrogens (tertiary/aromatic N) is 2. The number of amides is 4. The van der Waals surface area contributed by atoms with Gasteiger partial charge in [0.15, 0.2) is 0 Å². The SMILES string of the molecule is COc1ccccc1CNC(=O)NC1=NCC(N(C)C(=O)OCC2c3ccccc3-c3ccccc32)C(=O)N1. The molecule has 0 bridgehead atoms. The van der Waals surface area contributed by atoms with Crippen LogP contribution in [0, 0.1) is 0 Å². The Morgan fingerprint density at radius 3 is 2.31 bits per heavy atom. The van der Waals surface area contributed by atoms with Crippen LogP contribution in [0.5, 0.6) is 5.75 Å². The van der Waals surface area contributed by atoms with E-state index in [0.717, 1.165) is 27.8 Å². The van der Waals surface area contributed by atoms with Crippen molar-refractivity contribution in [3.63, 3.8) is 0 Å². The lowest BCUT2D eigenvalue weighted by Crippen LogP contribution is -2.58. The first-order chi connectivity index (χ1) is 19.0. The number of hydrogen-bond donors (Lipinski definition) is 3. The number of likely N-dealkylation sites (N-methyl/N-ethyl adjacent to an activating group) is 1. The third-order valence-corrected chi connectivity index (χ3v) is 6.92. The van der Waals surface area contributed by atoms with Crippen molar-refractivity contribution in [3.8, 4) is 16.9 Å². The number of para-hydroxylation sites is 1. The molecule has 0 radical (unpaired) electrons. The number of guanidine groups is 1. The summed E-state index contributed by atoms with van der Waals surface area (Å²) in [5, 5.41) is 7.76. The van der Waals surface area contributed by atoms with E-state index in [-0.39, 0.29) is 31.6 Å². The van der Waals surface area contributed by atoms with Gasteiger partial charge in [-0.2, -0.15) is 0 Å². The van der Waals surface area contributed by atoms with Gasteiger partial charge in [0.2, 0.25) is 5.96 Å². The first-order valence-corrected chi connectivity index (χ1v) is 12.6. The highest BCUT2D eigenvalue weighted by molar-refractivity contribution is 6.07. The number of rotatable bonds is 6. The number of hydrogen-bond acceptors (Lipinski definition) is 6. The number of benzene rings is 3. The molecule has 0 fully saturated rings. The molecule has 2 aliphatic rings. The van der Waals surface area contributed by atoms with E-state index in [9.17, 15) is 14.4 Å². The van der Waals surface area contributed by atoms with Crippen molar-refractivity contribution in [1.82, 2.24) is 20.9 Å². The normalized spacial score (nSPS) is 15.8. The zero-order valence-corrected chi connectivity index (χ0v) is 21.6. The lowest BCUT2D eigenvalue weighted by Gasteiger charge is -2.29. The van der Waals surface area contributed by atoms with Crippen molar-refractivity contribution in [2.45, 2.75) is 18.5 Å². The minimum atomic E-state index is -0.872. The highest BCUT2D eigenvalue weighted by Gasteiger charge is 2.34. The zero-order chi connectivity index (χ0) is 27.4. The van der Waals surface area contributed by atoms with Crippen LogP contribution >= 0.6 is 0 Å². The Morgan fingerprint density at radius 1 is 1.00 bits per heavy atom. The summed E-state index contributed by atoms with van der Waals surface area (Å²) in [7, 11) is 3.05. The number of carbonyl (C=O) groups is 3. The molecule has 10 nitrogen and oxygen atoms in total. The number of aliphatic imine (C=N–C) groups is 1. The molecule has 1 heterocycles. The molecule has 3 N–H and O–H groups in total. The second kappa shape index (κ2) is 11.3. The predicted molar refractivity (Wildman–Crippen MR) is 145 cm³/mol. The van der Waals surface area contributed by atoms with E-state index in [4.69, 9.17) is 9.47 Å². The molecule has 1 aliphatic heterocycles. The largest absolute Gasteiger partial charge is 0.496 e. The summed E-state index contributed by atoms with van der Waals surface area (Å²) < 4.78 is 10.9. The van der Waals surface area contributed by atoms with E-state index in [1.54, 1.807) is 13.2 Å². The minimum Gasteiger partial charge on any atom is -0.496 e. The molecule has 3 aromatic carbocycles. The number of ether oxygens (including phenoxy) is 2. The quantitative estimate of drug-likeness (QED) is 0.455. The number of fused-ring (bicyclic) bond motifs is 3. The maximum Gasteiger partial charge on any atom is 0.410 e. The fraction of sp³-hybridized carbons (Fsp3) is 0.241. The van der Waals surface area contributed by atoms with Crippen LogP contribution < -0.4 is 20.7 Å². The first kappa shape index (κ1) is 25.8. The Bertz CT molecular complexity index is 1390. The molecule has 5 rings (SSSR count). The molecular weight excluding hydrogens is 498 g/mol. The van der Waals surface area contributed by atoms with E-state index in [2.05, 4.69) is 33.1 Å². The van der Waals surface area contributed by atoms with E-state index in [1.165, 1.54) is 11.9 Å². The van der Waals surface area contributed by atoms with Crippen LogP contribution in [0.4, 0.5) is 9.59 Å². The molecule has 4 amide bonds. The molecule has 1 atom stereocenters. The van der Waals surface area contributed by atoms with Crippen molar-refractivity contribution in [2.75, 3.05) is 27.3 Å². The van der Waals surface area contributed by atoms with Crippen molar-refractivity contribution < 1.29 is 23.9 Å². The number of methoxy groups -OCH3 is 1. The summed E-state index contributed by atoms with van der Waals surface area (Å²) in [5.41, 5.74) is 5.28. The third-order valence-electron chi connectivity index (χ3n) is 6.92. The molecule has 200 valence electrons. The molecule has 1 unspecified atom stereocenters. The van der Waals surface area contributed by atoms with E-state index >= 15 is 0 Å². The van der Waals surface area contributed by atoms with Gasteiger partial charge in [-0.05, 0) is 28.3 Å². The van der Waals surface area contributed by atoms with Crippen LogP contribution in [0.25, 0.3) is 11.1 Å². The van der Waals surface area contributed by atoms with E-state index in [1.807, 2.05) is 54.6 Å². The lowest BCUT2D eigenvalue weighted by atomic mass is 9.98. The summed E-state index contributed by atoms with van der Waals surface area (Å²) in [6, 6.07) is 22.1. The van der Waals surface area contributed by atoms with Crippen LogP contribution in [0.2, 0.25) is 0 Å². The highest BCUT2D eigenvalue weighted by atomic mass is 16.6. The Balaban J connectivity index is 1.15. The van der Waals surface area contributed by atoms with Gasteiger partial charge in [0.25, 0.3) is 5.91 Å². The maximum absolute atomic E-state index is 12.9. The summed E-state index contributed by atoms with van der Waals surface area (Å²) in [6.07, 6.45) is -0.627. The van der Waals surface area contributed by atoms with Crippen LogP contribution in [0.3, 0.4) is 0 Å². The summed E-state index contributed by atoms with van der Waals surface area (Å²) in [4.78, 5) is 43.4. The van der Waals surface area contributed by atoms with Crippen LogP contribution in [-0.4, -0.2) is 62.2 Å². The van der Waals surface area contributed by atoms with Gasteiger partial charge in [0, 0.05) is 25.1 Å². The molecule has 0 saturated carbocycles. The molecule has 3 aromatic rings. The Kier molecular flexibility index (Phi) is 7.44. The monoisotopic (exact) mass is 527 g/mol. The average Bonchev–Trinajstić information content (AvgIpc) is 3.28. The van der Waals surface area contributed by atoms with Gasteiger partial charge >= 0.3 is 12.1 Å². The zero-order valence-electron chi connectivity index (χ0n) is 21.6. The molecular formula is C29H29N5O5. The van der Waals surface area contributed by atoms with Gasteiger partial charge in [0.1, 0.15) is 18.4 Å². The fourth-order valence-electron chi connectivity index (χ4n) is 4.87. The van der Waals surface area contributed by atoms with Gasteiger partial charge in [0.05, 0.1) is 13.7 Å². The number of carbonyl (C=O) groups excluding carboxylic acids is 3. The Morgan fingerprint density at radius 2 is 1.64 bits per heavy atom. The third kappa shape index (κ3) is 5.40. The molecule has 10 heteroatoms. The van der Waals surface area contributed by atoms with Crippen molar-refractivity contribution in [3.05, 3.63) is 89.5 Å². The summed E-state index contributed by atoms with van der Waals surface area (Å²) >= 11 is 0. The molecule has 1 aliphatic carbocycles. The van der Waals surface area contributed by atoms with Crippen molar-refractivity contribution in [2.24, 2.45) is 4.99 Å². The van der Waals surface area contributed by atoms with E-state index < -0.39 is 24.1 Å². The van der Waals surface area contributed by atoms with Gasteiger partial charge in [-0.1, -0.05) is 66.7 Å². The first-order valence-electron chi connectivity index (χ1n) is 12.6. The molecule has 39 heavy (non-hydrogen) atoms. The Labute approximate surface area is 226 Å². The second-order valence-corrected chi connectivity index (χ2v) is 9.23. The topological polar surface area (TPSA) is 121 Å². The van der Waals surface area contributed by atoms with Gasteiger partial charge in [-0.3, -0.25) is 20.3 Å². The predicted octanol–water partition coefficient (Wildman–Crippen LogP) is 3.23. The number of nitrogens with one attached hydrogen (secondary N) is 3. The molecule has 0 saturated heterocycles. The minimum absolute atomic E-state index is 0.00899. The van der Waals surface area contributed by atoms with Gasteiger partial charge in [-0.15, -0.1) is 0 Å². The standard InChI is InChI=1S/C29H29N5O5/c1-34(29(37)39-17-23-21-12-6-4-10-19(21)20-11-5-7-13-22(20)23)24-16-30-27(32-26(24)35)33-28(36)31-15-18-9-3-8-14-25(18)38-2/h3-14,23-24H,15-17H2,1-2H3,(H3,30,31,32,33,35,36). The van der Waals surface area contributed by atoms with Crippen LogP contribution in [0.1, 0.15) is 22.6 Å². The highest BCUT2D eigenvalue weighted by Crippen LogP contribution is 2.44. The van der Waals surface area contributed by atoms with E-state index in [0.29, 0.717) is 5.75 Å². The summed E-state index contributed by atoms with van der Waals surface area (Å²) in [5.74, 6) is 0.106. The summed E-state index contributed by atoms with van der Waals surface area (Å²) in [6.45, 7) is 0.354. The fourth-order valence-corrected chi connectivity index (χ4v) is 4.87. The van der Waals surface area contributed by atoms with Crippen LogP contribution in [-0.2, 0) is 16.1 Å². The molecule has 0 aromatic heterocycles. The second-order valence-electron chi connectivity index (χ2n) is 9.23. The smallest absolute Gasteiger partial charge is 0.410 e. The average molecular weight is 528 g/mol. The van der Waals surface area contributed by atoms with Crippen molar-refractivity contribution >= 4 is 24.0 Å². The molecule has 0 spiro atoms. The van der Waals surface area contributed by atoms with Gasteiger partial charge in [-0.25, -0.2) is 14.6 Å². The maximum atomic E-state index is 12.9. The van der Waals surface area contributed by atoms with Crippen molar-refractivity contribution in [1.29, 1.82) is 0 Å². The number of urea groups is 1. The Hall–Kier alpha value is -4.86. The van der Waals surface area contributed by atoms with Crippen LogP contribution in [0.15, 0.2) is 77.8 Å². The van der Waals surface area contributed by atoms with Gasteiger partial charge < -0.3 is 14.8 Å². The lowest BCUT2D eigenvalue weighted by molar-refractivity contribution is -0.124.